The van der Waals surface area contributed by atoms with Crippen molar-refractivity contribution in [2.75, 3.05) is 25.0 Å². The second-order valence-corrected chi connectivity index (χ2v) is 7.42. The molecule has 5 heterocycles. The van der Waals surface area contributed by atoms with Gasteiger partial charge in [-0.15, -0.1) is 0 Å². The zero-order valence-electron chi connectivity index (χ0n) is 15.8. The highest BCUT2D eigenvalue weighted by molar-refractivity contribution is 5.58. The Balaban J connectivity index is 1.49. The van der Waals surface area contributed by atoms with Crippen LogP contribution in [0.4, 0.5) is 11.5 Å². The molecule has 3 fully saturated rings. The molecular weight excluding hydrogens is 346 g/mol. The van der Waals surface area contributed by atoms with E-state index in [0.717, 1.165) is 12.1 Å². The van der Waals surface area contributed by atoms with Gasteiger partial charge in [0.1, 0.15) is 11.5 Å². The maximum atomic E-state index is 11.4. The number of hydrogen-bond acceptors (Lipinski definition) is 7. The number of nitro groups is 1. The summed E-state index contributed by atoms with van der Waals surface area (Å²) < 4.78 is 2.07. The van der Waals surface area contributed by atoms with Crippen molar-refractivity contribution in [3.8, 4) is 0 Å². The Labute approximate surface area is 158 Å². The van der Waals surface area contributed by atoms with Crippen LogP contribution < -0.4 is 5.32 Å². The molecule has 5 rings (SSSR count). The molecule has 0 amide bonds. The molecule has 1 atom stereocenters. The number of rotatable bonds is 6. The Morgan fingerprint density at radius 3 is 2.74 bits per heavy atom. The minimum absolute atomic E-state index is 0.0583. The zero-order chi connectivity index (χ0) is 19.0. The normalized spacial score (nSPS) is 24.1. The topological polar surface area (TPSA) is 102 Å². The van der Waals surface area contributed by atoms with Crippen LogP contribution in [0.25, 0.3) is 0 Å². The number of nitrogens with one attached hydrogen (secondary N) is 1. The van der Waals surface area contributed by atoms with Gasteiger partial charge in [-0.1, -0.05) is 6.92 Å². The van der Waals surface area contributed by atoms with Crippen molar-refractivity contribution in [1.29, 1.82) is 0 Å². The Hall–Kier alpha value is -2.55. The Bertz CT molecular complexity index is 842. The highest BCUT2D eigenvalue weighted by Gasteiger charge is 2.35. The summed E-state index contributed by atoms with van der Waals surface area (Å²) >= 11 is 0. The molecule has 0 spiro atoms. The monoisotopic (exact) mass is 371 g/mol. The number of anilines is 1. The average Bonchev–Trinajstić information content (AvgIpc) is 3.15. The van der Waals surface area contributed by atoms with E-state index in [1.165, 1.54) is 25.9 Å². The van der Waals surface area contributed by atoms with E-state index in [1.807, 2.05) is 13.1 Å². The van der Waals surface area contributed by atoms with Crippen molar-refractivity contribution in [2.45, 2.75) is 45.7 Å². The number of aromatic nitrogens is 4. The summed E-state index contributed by atoms with van der Waals surface area (Å²) in [6.45, 7) is 7.50. The van der Waals surface area contributed by atoms with Gasteiger partial charge in [0, 0.05) is 31.3 Å². The third kappa shape index (κ3) is 3.51. The lowest BCUT2D eigenvalue weighted by atomic mass is 9.84. The molecule has 2 aromatic rings. The molecule has 3 aliphatic heterocycles. The molecule has 0 saturated carbocycles. The highest BCUT2D eigenvalue weighted by Crippen LogP contribution is 2.35. The molecule has 3 aliphatic rings. The van der Waals surface area contributed by atoms with Gasteiger partial charge >= 0.3 is 5.69 Å². The third-order valence-electron chi connectivity index (χ3n) is 5.68. The van der Waals surface area contributed by atoms with E-state index in [2.05, 4.69) is 36.2 Å². The minimum Gasteiger partial charge on any atom is -0.360 e. The fourth-order valence-corrected chi connectivity index (χ4v) is 4.19. The first-order chi connectivity index (χ1) is 13.0. The van der Waals surface area contributed by atoms with Crippen LogP contribution in [0.15, 0.2) is 12.4 Å². The molecule has 2 bridgehead atoms. The molecule has 144 valence electrons. The van der Waals surface area contributed by atoms with E-state index in [4.69, 9.17) is 0 Å². The van der Waals surface area contributed by atoms with Gasteiger partial charge in [-0.2, -0.15) is 5.10 Å². The van der Waals surface area contributed by atoms with Gasteiger partial charge in [-0.25, -0.2) is 9.97 Å². The molecule has 9 heteroatoms. The number of nitrogens with zero attached hydrogens (tertiary/aromatic N) is 6. The maximum absolute atomic E-state index is 11.4. The molecule has 0 aromatic carbocycles. The summed E-state index contributed by atoms with van der Waals surface area (Å²) in [5.74, 6) is 1.58. The smallest absolute Gasteiger partial charge is 0.332 e. The van der Waals surface area contributed by atoms with Crippen molar-refractivity contribution in [2.24, 2.45) is 5.92 Å². The molecule has 9 nitrogen and oxygen atoms in total. The van der Waals surface area contributed by atoms with Crippen molar-refractivity contribution in [3.05, 3.63) is 39.6 Å². The predicted molar refractivity (Wildman–Crippen MR) is 101 cm³/mol. The van der Waals surface area contributed by atoms with Gasteiger partial charge in [0.25, 0.3) is 0 Å². The van der Waals surface area contributed by atoms with Gasteiger partial charge in [-0.3, -0.25) is 14.8 Å². The molecule has 1 N–H and O–H groups in total. The quantitative estimate of drug-likeness (QED) is 0.614. The van der Waals surface area contributed by atoms with E-state index < -0.39 is 4.92 Å². The summed E-state index contributed by atoms with van der Waals surface area (Å²) in [5, 5.41) is 19.1. The first kappa shape index (κ1) is 17.8. The lowest BCUT2D eigenvalue weighted by Gasteiger charge is -2.44. The van der Waals surface area contributed by atoms with Crippen LogP contribution in [0.2, 0.25) is 0 Å². The first-order valence-corrected chi connectivity index (χ1v) is 9.56. The van der Waals surface area contributed by atoms with E-state index >= 15 is 0 Å². The molecule has 0 radical (unpaired) electrons. The zero-order valence-corrected chi connectivity index (χ0v) is 15.8. The summed E-state index contributed by atoms with van der Waals surface area (Å²) in [4.78, 5) is 22.0. The fourth-order valence-electron chi connectivity index (χ4n) is 4.19. The van der Waals surface area contributed by atoms with E-state index in [0.29, 0.717) is 36.4 Å². The van der Waals surface area contributed by atoms with E-state index in [1.54, 1.807) is 6.92 Å². The van der Waals surface area contributed by atoms with Crippen molar-refractivity contribution >= 4 is 11.5 Å². The Kier molecular flexibility index (Phi) is 4.77. The van der Waals surface area contributed by atoms with Gasteiger partial charge in [0.05, 0.1) is 17.2 Å². The molecule has 1 unspecified atom stereocenters. The van der Waals surface area contributed by atoms with Gasteiger partial charge in [0.2, 0.25) is 5.82 Å². The van der Waals surface area contributed by atoms with Crippen LogP contribution in [0.1, 0.15) is 42.9 Å². The van der Waals surface area contributed by atoms with Crippen LogP contribution in [0.3, 0.4) is 0 Å². The molecule has 0 aliphatic carbocycles. The van der Waals surface area contributed by atoms with Crippen molar-refractivity contribution < 1.29 is 4.92 Å². The average molecular weight is 371 g/mol. The number of piperidine rings is 3. The largest absolute Gasteiger partial charge is 0.360 e. The second kappa shape index (κ2) is 7.22. The lowest BCUT2D eigenvalue weighted by molar-refractivity contribution is -0.385. The lowest BCUT2D eigenvalue weighted by Crippen LogP contribution is -2.48. The maximum Gasteiger partial charge on any atom is 0.332 e. The SMILES string of the molecule is CCc1nc(C)c([N+](=O)[O-])c(NCc2cnn(C3CN4CCC3CC4)c2)n1. The van der Waals surface area contributed by atoms with E-state index in [9.17, 15) is 10.1 Å². The summed E-state index contributed by atoms with van der Waals surface area (Å²) in [7, 11) is 0. The third-order valence-corrected chi connectivity index (χ3v) is 5.68. The van der Waals surface area contributed by atoms with Crippen LogP contribution in [0.5, 0.6) is 0 Å². The molecule has 27 heavy (non-hydrogen) atoms. The number of aryl methyl sites for hydroxylation is 2. The minimum atomic E-state index is -0.423. The van der Waals surface area contributed by atoms with Crippen molar-refractivity contribution in [3.63, 3.8) is 0 Å². The predicted octanol–water partition coefficient (Wildman–Crippen LogP) is 2.33. The van der Waals surface area contributed by atoms with E-state index in [-0.39, 0.29) is 11.5 Å². The van der Waals surface area contributed by atoms with Gasteiger partial charge < -0.3 is 10.2 Å². The van der Waals surface area contributed by atoms with Gasteiger partial charge in [0.15, 0.2) is 0 Å². The van der Waals surface area contributed by atoms with Crippen LogP contribution in [0, 0.1) is 23.0 Å². The Morgan fingerprint density at radius 2 is 2.11 bits per heavy atom. The second-order valence-electron chi connectivity index (χ2n) is 7.42. The highest BCUT2D eigenvalue weighted by atomic mass is 16.6. The molecule has 3 saturated heterocycles. The number of fused-ring (bicyclic) bond motifs is 3. The van der Waals surface area contributed by atoms with Crippen LogP contribution >= 0.6 is 0 Å². The van der Waals surface area contributed by atoms with Gasteiger partial charge in [-0.05, 0) is 38.8 Å². The van der Waals surface area contributed by atoms with Crippen LogP contribution in [-0.4, -0.2) is 49.2 Å². The molecular formula is C18H25N7O2. The first-order valence-electron chi connectivity index (χ1n) is 9.56. The summed E-state index contributed by atoms with van der Waals surface area (Å²) in [6.07, 6.45) is 7.00. The number of hydrogen-bond donors (Lipinski definition) is 1. The summed E-state index contributed by atoms with van der Waals surface area (Å²) in [5.41, 5.74) is 1.32. The van der Waals surface area contributed by atoms with Crippen molar-refractivity contribution in [1.82, 2.24) is 24.6 Å². The Morgan fingerprint density at radius 1 is 1.33 bits per heavy atom. The summed E-state index contributed by atoms with van der Waals surface area (Å²) in [6, 6.07) is 0.434. The van der Waals surface area contributed by atoms with Crippen LogP contribution in [-0.2, 0) is 13.0 Å². The fraction of sp³-hybridized carbons (Fsp3) is 0.611. The molecule has 2 aromatic heterocycles. The standard InChI is InChI=1S/C18H25N7O2/c1-3-16-21-12(2)17(25(26)27)18(22-16)19-8-13-9-20-24(10-13)15-11-23-6-4-14(15)5-7-23/h9-10,14-15H,3-8,11H2,1-2H3,(H,19,21,22).